The number of pyridine rings is 1. The van der Waals surface area contributed by atoms with Crippen molar-refractivity contribution < 1.29 is 9.32 Å². The van der Waals surface area contributed by atoms with Crippen LogP contribution in [0.4, 0.5) is 0 Å². The van der Waals surface area contributed by atoms with Crippen LogP contribution in [-0.4, -0.2) is 33.5 Å². The van der Waals surface area contributed by atoms with E-state index in [0.29, 0.717) is 5.69 Å². The van der Waals surface area contributed by atoms with E-state index in [2.05, 4.69) is 10.1 Å². The Morgan fingerprint density at radius 1 is 1.38 bits per heavy atom. The smallest absolute Gasteiger partial charge is 0.276 e. The number of rotatable bonds is 5. The molecule has 24 heavy (non-hydrogen) atoms. The number of carbonyl (C=O) groups is 1. The molecule has 2 aromatic rings. The van der Waals surface area contributed by atoms with Gasteiger partial charge in [0.1, 0.15) is 5.76 Å². The van der Waals surface area contributed by atoms with Crippen LogP contribution in [0, 0.1) is 0 Å². The molecule has 0 aromatic carbocycles. The number of hydrogen-bond donors (Lipinski definition) is 0. The maximum Gasteiger partial charge on any atom is 0.276 e. The van der Waals surface area contributed by atoms with Gasteiger partial charge < -0.3 is 9.42 Å². The Labute approximate surface area is 143 Å². The summed E-state index contributed by atoms with van der Waals surface area (Å²) in [6, 6.07) is 8.03. The fourth-order valence-electron chi connectivity index (χ4n) is 3.24. The van der Waals surface area contributed by atoms with Crippen molar-refractivity contribution in [3.05, 3.63) is 47.6 Å². The fourth-order valence-corrected chi connectivity index (χ4v) is 3.24. The summed E-state index contributed by atoms with van der Waals surface area (Å²) in [7, 11) is 0. The van der Waals surface area contributed by atoms with Gasteiger partial charge in [-0.1, -0.05) is 25.1 Å². The molecule has 1 atom stereocenters. The molecule has 1 saturated heterocycles. The lowest BCUT2D eigenvalue weighted by Gasteiger charge is -2.35. The minimum atomic E-state index is -0.00336. The van der Waals surface area contributed by atoms with Crippen molar-refractivity contribution in [1.82, 2.24) is 15.0 Å². The van der Waals surface area contributed by atoms with Crippen molar-refractivity contribution in [2.75, 3.05) is 6.54 Å². The predicted octanol–water partition coefficient (Wildman–Crippen LogP) is 3.82. The van der Waals surface area contributed by atoms with Crippen LogP contribution in [0.5, 0.6) is 0 Å². The fraction of sp³-hybridized carbons (Fsp3) is 0.526. The average molecular weight is 327 g/mol. The first-order valence-corrected chi connectivity index (χ1v) is 8.82. The maximum atomic E-state index is 12.8. The van der Waals surface area contributed by atoms with Gasteiger partial charge in [0.2, 0.25) is 0 Å². The molecule has 128 valence electrons. The van der Waals surface area contributed by atoms with Crippen molar-refractivity contribution in [2.24, 2.45) is 0 Å². The molecule has 1 amide bonds. The van der Waals surface area contributed by atoms with Crippen molar-refractivity contribution in [1.29, 1.82) is 0 Å². The summed E-state index contributed by atoms with van der Waals surface area (Å²) in [5.41, 5.74) is 1.52. The van der Waals surface area contributed by atoms with E-state index >= 15 is 0 Å². The highest BCUT2D eigenvalue weighted by Crippen LogP contribution is 2.24. The van der Waals surface area contributed by atoms with Crippen molar-refractivity contribution >= 4 is 5.91 Å². The number of carbonyl (C=O) groups excluding carboxylic acids is 1. The topological polar surface area (TPSA) is 59.2 Å². The van der Waals surface area contributed by atoms with Gasteiger partial charge >= 0.3 is 0 Å². The van der Waals surface area contributed by atoms with Gasteiger partial charge in [-0.25, -0.2) is 0 Å². The number of aromatic nitrogens is 2. The molecule has 1 aliphatic rings. The highest BCUT2D eigenvalue weighted by molar-refractivity contribution is 5.92. The zero-order chi connectivity index (χ0) is 16.9. The number of amides is 1. The molecule has 0 radical (unpaired) electrons. The Morgan fingerprint density at radius 3 is 2.96 bits per heavy atom. The Kier molecular flexibility index (Phi) is 5.28. The molecule has 0 N–H and O–H groups in total. The molecule has 5 nitrogen and oxygen atoms in total. The molecule has 2 aromatic heterocycles. The van der Waals surface area contributed by atoms with E-state index in [-0.39, 0.29) is 17.9 Å². The van der Waals surface area contributed by atoms with Gasteiger partial charge in [-0.3, -0.25) is 9.78 Å². The summed E-state index contributed by atoms with van der Waals surface area (Å²) in [4.78, 5) is 19.2. The van der Waals surface area contributed by atoms with E-state index in [1.165, 1.54) is 6.42 Å². The summed E-state index contributed by atoms with van der Waals surface area (Å²) >= 11 is 0. The molecular formula is C19H25N3O2. The van der Waals surface area contributed by atoms with Crippen molar-refractivity contribution in [3.8, 4) is 0 Å². The minimum Gasteiger partial charge on any atom is -0.360 e. The Hall–Kier alpha value is -2.17. The van der Waals surface area contributed by atoms with Crippen molar-refractivity contribution in [2.45, 2.75) is 57.9 Å². The summed E-state index contributed by atoms with van der Waals surface area (Å²) in [5.74, 6) is 0.997. The second-order valence-electron chi connectivity index (χ2n) is 6.78. The van der Waals surface area contributed by atoms with Gasteiger partial charge in [-0.2, -0.15) is 0 Å². The van der Waals surface area contributed by atoms with E-state index in [9.17, 15) is 4.79 Å². The number of piperidine rings is 1. The Morgan fingerprint density at radius 2 is 2.25 bits per heavy atom. The van der Waals surface area contributed by atoms with E-state index in [1.54, 1.807) is 6.07 Å². The number of likely N-dealkylation sites (tertiary alicyclic amines) is 1. The molecule has 1 fully saturated rings. The van der Waals surface area contributed by atoms with Crippen LogP contribution in [0.1, 0.15) is 67.4 Å². The minimum absolute atomic E-state index is 0.00336. The molecule has 1 aliphatic heterocycles. The standard InChI is InChI=1S/C19H25N3O2/c1-14(2)18-13-17(21-24-18)19(23)22-12-6-4-8-16(22)10-9-15-7-3-5-11-20-15/h3,5,7,11,13-14,16H,4,6,8-10,12H2,1-2H3/t16-/m0/s1. The van der Waals surface area contributed by atoms with Gasteiger partial charge in [0.05, 0.1) is 0 Å². The molecule has 0 unspecified atom stereocenters. The molecule has 0 bridgehead atoms. The highest BCUT2D eigenvalue weighted by atomic mass is 16.5. The van der Waals surface area contributed by atoms with Gasteiger partial charge in [-0.15, -0.1) is 0 Å². The normalized spacial score (nSPS) is 18.1. The number of aryl methyl sites for hydroxylation is 1. The van der Waals surface area contributed by atoms with Crippen LogP contribution in [0.15, 0.2) is 35.0 Å². The predicted molar refractivity (Wildman–Crippen MR) is 91.8 cm³/mol. The second-order valence-corrected chi connectivity index (χ2v) is 6.78. The SMILES string of the molecule is CC(C)c1cc(C(=O)N2CCCC[C@H]2CCc2ccccn2)no1. The lowest BCUT2D eigenvalue weighted by atomic mass is 9.96. The molecule has 5 heteroatoms. The van der Waals surface area contributed by atoms with Crippen LogP contribution in [0.3, 0.4) is 0 Å². The first-order chi connectivity index (χ1) is 11.6. The molecular weight excluding hydrogens is 302 g/mol. The number of hydrogen-bond acceptors (Lipinski definition) is 4. The lowest BCUT2D eigenvalue weighted by molar-refractivity contribution is 0.0591. The third-order valence-corrected chi connectivity index (χ3v) is 4.66. The third-order valence-electron chi connectivity index (χ3n) is 4.66. The largest absolute Gasteiger partial charge is 0.360 e. The average Bonchev–Trinajstić information content (AvgIpc) is 3.11. The molecule has 0 aliphatic carbocycles. The van der Waals surface area contributed by atoms with E-state index in [4.69, 9.17) is 4.52 Å². The van der Waals surface area contributed by atoms with Crippen LogP contribution in [-0.2, 0) is 6.42 Å². The zero-order valence-corrected chi connectivity index (χ0v) is 14.4. The first-order valence-electron chi connectivity index (χ1n) is 8.82. The summed E-state index contributed by atoms with van der Waals surface area (Å²) in [5, 5.41) is 3.99. The Bertz CT molecular complexity index is 666. The van der Waals surface area contributed by atoms with Crippen LogP contribution >= 0.6 is 0 Å². The van der Waals surface area contributed by atoms with Crippen molar-refractivity contribution in [3.63, 3.8) is 0 Å². The van der Waals surface area contributed by atoms with E-state index in [1.807, 2.05) is 43.1 Å². The number of nitrogens with zero attached hydrogens (tertiary/aromatic N) is 3. The van der Waals surface area contributed by atoms with Crippen LogP contribution in [0.2, 0.25) is 0 Å². The summed E-state index contributed by atoms with van der Waals surface area (Å²) < 4.78 is 5.30. The second kappa shape index (κ2) is 7.60. The lowest BCUT2D eigenvalue weighted by Crippen LogP contribution is -2.44. The van der Waals surface area contributed by atoms with Gasteiger partial charge in [0, 0.05) is 36.5 Å². The van der Waals surface area contributed by atoms with Gasteiger partial charge in [-0.05, 0) is 44.2 Å². The molecule has 3 rings (SSSR count). The summed E-state index contributed by atoms with van der Waals surface area (Å²) in [6.45, 7) is 4.87. The molecule has 0 saturated carbocycles. The monoisotopic (exact) mass is 327 g/mol. The molecule has 3 heterocycles. The van der Waals surface area contributed by atoms with E-state index < -0.39 is 0 Å². The van der Waals surface area contributed by atoms with Crippen LogP contribution in [0.25, 0.3) is 0 Å². The Balaban J connectivity index is 1.67. The maximum absolute atomic E-state index is 12.8. The third kappa shape index (κ3) is 3.83. The quantitative estimate of drug-likeness (QED) is 0.837. The van der Waals surface area contributed by atoms with E-state index in [0.717, 1.165) is 43.7 Å². The first kappa shape index (κ1) is 16.7. The zero-order valence-electron chi connectivity index (χ0n) is 14.4. The van der Waals surface area contributed by atoms with Gasteiger partial charge in [0.15, 0.2) is 5.69 Å². The molecule has 0 spiro atoms. The highest BCUT2D eigenvalue weighted by Gasteiger charge is 2.29. The van der Waals surface area contributed by atoms with Crippen LogP contribution < -0.4 is 0 Å². The van der Waals surface area contributed by atoms with Gasteiger partial charge in [0.25, 0.3) is 5.91 Å². The summed E-state index contributed by atoms with van der Waals surface area (Å²) in [6.07, 6.45) is 6.94.